The Bertz CT molecular complexity index is 830. The maximum atomic E-state index is 6.37. The summed E-state index contributed by atoms with van der Waals surface area (Å²) < 4.78 is 2.02. The summed E-state index contributed by atoms with van der Waals surface area (Å²) in [4.78, 5) is 9.10. The molecule has 2 aromatic heterocycles. The normalized spacial score (nSPS) is 11.5. The molecular weight excluding hydrogens is 436 g/mol. The number of aromatic nitrogens is 2. The number of hydrogen-bond acceptors (Lipinski definition) is 3. The van der Waals surface area contributed by atoms with E-state index in [1.807, 2.05) is 12.1 Å². The number of benzene rings is 1. The average molecular weight is 447 g/mol. The largest absolute Gasteiger partial charge is 0.228 e. The molecule has 0 aliphatic heterocycles. The van der Waals surface area contributed by atoms with Crippen LogP contribution in [0.15, 0.2) is 31.8 Å². The summed E-state index contributed by atoms with van der Waals surface area (Å²) in [5.74, 6) is 1.09. The zero-order valence-corrected chi connectivity index (χ0v) is 16.1. The highest BCUT2D eigenvalue weighted by Crippen LogP contribution is 2.38. The first-order valence-corrected chi connectivity index (χ1v) is 9.16. The van der Waals surface area contributed by atoms with Crippen molar-refractivity contribution in [3.8, 4) is 11.4 Å². The average Bonchev–Trinajstić information content (AvgIpc) is 2.77. The minimum Gasteiger partial charge on any atom is -0.228 e. The van der Waals surface area contributed by atoms with Crippen molar-refractivity contribution in [1.29, 1.82) is 0 Å². The SMILES string of the molecule is CC(C)c1ccc2nc(-c3cc(Br)sc3Br)nc(Cl)c2c1. The highest BCUT2D eigenvalue weighted by Gasteiger charge is 2.14. The number of halogens is 3. The quantitative estimate of drug-likeness (QED) is 0.411. The summed E-state index contributed by atoms with van der Waals surface area (Å²) in [5, 5.41) is 1.39. The Hall–Kier alpha value is -0.490. The summed E-state index contributed by atoms with van der Waals surface area (Å²) in [6.45, 7) is 4.31. The first-order chi connectivity index (χ1) is 9.95. The molecule has 3 aromatic rings. The molecule has 108 valence electrons. The van der Waals surface area contributed by atoms with Gasteiger partial charge in [0, 0.05) is 10.9 Å². The Morgan fingerprint density at radius 2 is 1.90 bits per heavy atom. The van der Waals surface area contributed by atoms with Gasteiger partial charge in [0.15, 0.2) is 5.82 Å². The molecule has 6 heteroatoms. The summed E-state index contributed by atoms with van der Waals surface area (Å²) in [6.07, 6.45) is 0. The molecule has 0 radical (unpaired) electrons. The van der Waals surface area contributed by atoms with Gasteiger partial charge < -0.3 is 0 Å². The third-order valence-corrected chi connectivity index (χ3v) is 5.86. The molecule has 0 fully saturated rings. The maximum Gasteiger partial charge on any atom is 0.163 e. The van der Waals surface area contributed by atoms with Crippen LogP contribution in [-0.2, 0) is 0 Å². The summed E-state index contributed by atoms with van der Waals surface area (Å²) in [6, 6.07) is 8.18. The molecule has 0 amide bonds. The van der Waals surface area contributed by atoms with E-state index in [0.717, 1.165) is 24.0 Å². The summed E-state index contributed by atoms with van der Waals surface area (Å²) >= 11 is 15.0. The number of rotatable bonds is 2. The van der Waals surface area contributed by atoms with Gasteiger partial charge in [-0.15, -0.1) is 11.3 Å². The Labute approximate surface area is 148 Å². The molecule has 0 saturated carbocycles. The second-order valence-electron chi connectivity index (χ2n) is 5.01. The molecule has 0 aliphatic carbocycles. The van der Waals surface area contributed by atoms with Crippen LogP contribution in [-0.4, -0.2) is 9.97 Å². The fraction of sp³-hybridized carbons (Fsp3) is 0.200. The van der Waals surface area contributed by atoms with Crippen LogP contribution >= 0.6 is 54.8 Å². The molecule has 0 N–H and O–H groups in total. The first-order valence-electron chi connectivity index (χ1n) is 6.38. The fourth-order valence-electron chi connectivity index (χ4n) is 2.08. The molecule has 0 saturated heterocycles. The first kappa shape index (κ1) is 15.4. The number of fused-ring (bicyclic) bond motifs is 1. The maximum absolute atomic E-state index is 6.37. The lowest BCUT2D eigenvalue weighted by Crippen LogP contribution is -1.93. The van der Waals surface area contributed by atoms with Gasteiger partial charge in [0.2, 0.25) is 0 Å². The van der Waals surface area contributed by atoms with E-state index in [-0.39, 0.29) is 0 Å². The molecule has 0 atom stereocenters. The van der Waals surface area contributed by atoms with Crippen LogP contribution in [0.4, 0.5) is 0 Å². The van der Waals surface area contributed by atoms with E-state index in [1.54, 1.807) is 11.3 Å². The van der Waals surface area contributed by atoms with Crippen molar-refractivity contribution in [2.24, 2.45) is 0 Å². The van der Waals surface area contributed by atoms with Crippen LogP contribution in [0.5, 0.6) is 0 Å². The lowest BCUT2D eigenvalue weighted by atomic mass is 10.0. The van der Waals surface area contributed by atoms with E-state index in [0.29, 0.717) is 16.9 Å². The van der Waals surface area contributed by atoms with E-state index in [2.05, 4.69) is 67.8 Å². The predicted octanol–water partition coefficient (Wildman–Crippen LogP) is 6.66. The third-order valence-electron chi connectivity index (χ3n) is 3.24. The van der Waals surface area contributed by atoms with Crippen LogP contribution in [0.2, 0.25) is 5.15 Å². The van der Waals surface area contributed by atoms with E-state index in [1.165, 1.54) is 5.56 Å². The molecule has 3 rings (SSSR count). The zero-order chi connectivity index (χ0) is 15.1. The van der Waals surface area contributed by atoms with Crippen molar-refractivity contribution in [1.82, 2.24) is 9.97 Å². The van der Waals surface area contributed by atoms with Crippen LogP contribution in [0.25, 0.3) is 22.3 Å². The zero-order valence-electron chi connectivity index (χ0n) is 11.3. The minimum absolute atomic E-state index is 0.451. The third kappa shape index (κ3) is 3.02. The molecule has 2 heterocycles. The predicted molar refractivity (Wildman–Crippen MR) is 97.4 cm³/mol. The molecule has 1 aromatic carbocycles. The van der Waals surface area contributed by atoms with Crippen molar-refractivity contribution >= 4 is 65.7 Å². The van der Waals surface area contributed by atoms with E-state index < -0.39 is 0 Å². The second kappa shape index (κ2) is 5.95. The van der Waals surface area contributed by atoms with Gasteiger partial charge in [-0.2, -0.15) is 0 Å². The lowest BCUT2D eigenvalue weighted by molar-refractivity contribution is 0.868. The highest BCUT2D eigenvalue weighted by molar-refractivity contribution is 9.12. The lowest BCUT2D eigenvalue weighted by Gasteiger charge is -2.08. The summed E-state index contributed by atoms with van der Waals surface area (Å²) in [7, 11) is 0. The Morgan fingerprint density at radius 1 is 1.14 bits per heavy atom. The number of nitrogens with zero attached hydrogens (tertiary/aromatic N) is 2. The highest BCUT2D eigenvalue weighted by atomic mass is 79.9. The Kier molecular flexibility index (Phi) is 4.37. The molecule has 0 bridgehead atoms. The van der Waals surface area contributed by atoms with Gasteiger partial charge in [-0.1, -0.05) is 31.5 Å². The Morgan fingerprint density at radius 3 is 2.52 bits per heavy atom. The molecule has 0 unspecified atom stereocenters. The van der Waals surface area contributed by atoms with E-state index in [9.17, 15) is 0 Å². The van der Waals surface area contributed by atoms with Gasteiger partial charge in [-0.3, -0.25) is 0 Å². The Balaban J connectivity index is 2.20. The topological polar surface area (TPSA) is 25.8 Å². The van der Waals surface area contributed by atoms with Crippen LogP contribution in [0.3, 0.4) is 0 Å². The minimum atomic E-state index is 0.451. The molecule has 2 nitrogen and oxygen atoms in total. The van der Waals surface area contributed by atoms with E-state index in [4.69, 9.17) is 11.6 Å². The van der Waals surface area contributed by atoms with Gasteiger partial charge in [0.05, 0.1) is 13.1 Å². The van der Waals surface area contributed by atoms with Gasteiger partial charge in [0.25, 0.3) is 0 Å². The summed E-state index contributed by atoms with van der Waals surface area (Å²) in [5.41, 5.74) is 3.05. The monoisotopic (exact) mass is 444 g/mol. The molecule has 0 aliphatic rings. The van der Waals surface area contributed by atoms with Gasteiger partial charge in [-0.05, 0) is 61.5 Å². The smallest absolute Gasteiger partial charge is 0.163 e. The second-order valence-corrected chi connectivity index (χ2v) is 9.11. The van der Waals surface area contributed by atoms with Crippen LogP contribution < -0.4 is 0 Å². The number of thiophene rings is 1. The van der Waals surface area contributed by atoms with Crippen molar-refractivity contribution in [3.63, 3.8) is 0 Å². The van der Waals surface area contributed by atoms with Crippen molar-refractivity contribution in [3.05, 3.63) is 42.6 Å². The van der Waals surface area contributed by atoms with E-state index >= 15 is 0 Å². The molecule has 0 spiro atoms. The van der Waals surface area contributed by atoms with Crippen molar-refractivity contribution < 1.29 is 0 Å². The molecule has 21 heavy (non-hydrogen) atoms. The van der Waals surface area contributed by atoms with Gasteiger partial charge in [0.1, 0.15) is 5.15 Å². The molecular formula is C15H11Br2ClN2S. The van der Waals surface area contributed by atoms with Gasteiger partial charge >= 0.3 is 0 Å². The van der Waals surface area contributed by atoms with Gasteiger partial charge in [-0.25, -0.2) is 9.97 Å². The van der Waals surface area contributed by atoms with Crippen molar-refractivity contribution in [2.45, 2.75) is 19.8 Å². The fourth-order valence-corrected chi connectivity index (χ4v) is 5.10. The van der Waals surface area contributed by atoms with Crippen molar-refractivity contribution in [2.75, 3.05) is 0 Å². The number of hydrogen-bond donors (Lipinski definition) is 0. The standard InChI is InChI=1S/C15H11Br2ClN2S/c1-7(2)8-3-4-11-9(5-8)14(18)20-15(19-11)10-6-12(16)21-13(10)17/h3-7H,1-2H3. The van der Waals surface area contributed by atoms with Crippen LogP contribution in [0, 0.1) is 0 Å². The van der Waals surface area contributed by atoms with Crippen LogP contribution in [0.1, 0.15) is 25.3 Å².